The highest BCUT2D eigenvalue weighted by Crippen LogP contribution is 2.20. The van der Waals surface area contributed by atoms with Crippen molar-refractivity contribution in [1.82, 2.24) is 0 Å². The van der Waals surface area contributed by atoms with E-state index < -0.39 is 5.97 Å². The lowest BCUT2D eigenvalue weighted by Crippen LogP contribution is -2.00. The number of rotatable bonds is 5. The van der Waals surface area contributed by atoms with Crippen molar-refractivity contribution in [2.45, 2.75) is 20.5 Å². The summed E-state index contributed by atoms with van der Waals surface area (Å²) in [5.41, 5.74) is 2.69. The maximum absolute atomic E-state index is 11.3. The lowest BCUT2D eigenvalue weighted by atomic mass is 10.1. The number of ketones is 1. The lowest BCUT2D eigenvalue weighted by molar-refractivity contribution is 0.0696. The molecule has 0 saturated heterocycles. The highest BCUT2D eigenvalue weighted by Gasteiger charge is 2.06. The van der Waals surface area contributed by atoms with E-state index in [-0.39, 0.29) is 11.3 Å². The van der Waals surface area contributed by atoms with Gasteiger partial charge in [0, 0.05) is 5.56 Å². The first-order valence-corrected chi connectivity index (χ1v) is 6.54. The predicted molar refractivity (Wildman–Crippen MR) is 78.9 cm³/mol. The number of Topliss-reactive ketones (excluding diaryl/α,β-unsaturated/α-hetero) is 1. The van der Waals surface area contributed by atoms with Crippen molar-refractivity contribution in [1.29, 1.82) is 0 Å². The highest BCUT2D eigenvalue weighted by molar-refractivity contribution is 5.94. The quantitative estimate of drug-likeness (QED) is 0.854. The smallest absolute Gasteiger partial charge is 0.335 e. The molecule has 4 heteroatoms. The van der Waals surface area contributed by atoms with Gasteiger partial charge in [0.25, 0.3) is 0 Å². The molecule has 21 heavy (non-hydrogen) atoms. The van der Waals surface area contributed by atoms with Crippen LogP contribution in [0, 0.1) is 6.92 Å². The van der Waals surface area contributed by atoms with Crippen LogP contribution in [0.25, 0.3) is 0 Å². The summed E-state index contributed by atoms with van der Waals surface area (Å²) in [7, 11) is 0. The van der Waals surface area contributed by atoms with E-state index in [1.54, 1.807) is 42.5 Å². The molecule has 0 aliphatic heterocycles. The van der Waals surface area contributed by atoms with E-state index in [9.17, 15) is 9.59 Å². The maximum Gasteiger partial charge on any atom is 0.335 e. The van der Waals surface area contributed by atoms with E-state index in [1.165, 1.54) is 6.92 Å². The van der Waals surface area contributed by atoms with Crippen LogP contribution in [0.5, 0.6) is 5.75 Å². The average Bonchev–Trinajstić information content (AvgIpc) is 2.46. The normalized spacial score (nSPS) is 10.2. The molecule has 0 amide bonds. The molecule has 1 N–H and O–H groups in total. The van der Waals surface area contributed by atoms with Gasteiger partial charge < -0.3 is 9.84 Å². The monoisotopic (exact) mass is 284 g/mol. The van der Waals surface area contributed by atoms with Crippen molar-refractivity contribution in [3.05, 3.63) is 64.7 Å². The summed E-state index contributed by atoms with van der Waals surface area (Å²) in [6.45, 7) is 3.76. The summed E-state index contributed by atoms with van der Waals surface area (Å²) in [5, 5.41) is 8.83. The molecule has 0 bridgehead atoms. The average molecular weight is 284 g/mol. The van der Waals surface area contributed by atoms with Crippen molar-refractivity contribution in [2.75, 3.05) is 0 Å². The summed E-state index contributed by atoms with van der Waals surface area (Å²) in [5.74, 6) is -0.214. The van der Waals surface area contributed by atoms with Crippen LogP contribution in [0.3, 0.4) is 0 Å². The van der Waals surface area contributed by atoms with E-state index in [1.807, 2.05) is 6.92 Å². The molecule has 2 rings (SSSR count). The number of ether oxygens (including phenoxy) is 1. The lowest BCUT2D eigenvalue weighted by Gasteiger charge is -2.10. The highest BCUT2D eigenvalue weighted by atomic mass is 16.5. The van der Waals surface area contributed by atoms with Gasteiger partial charge in [0.2, 0.25) is 0 Å². The van der Waals surface area contributed by atoms with Crippen LogP contribution in [0.1, 0.15) is 38.8 Å². The zero-order valence-electron chi connectivity index (χ0n) is 11.9. The number of carbonyl (C=O) groups is 2. The van der Waals surface area contributed by atoms with Crippen LogP contribution in [0.15, 0.2) is 42.5 Å². The van der Waals surface area contributed by atoms with Crippen molar-refractivity contribution in [3.63, 3.8) is 0 Å². The number of hydrogen-bond acceptors (Lipinski definition) is 3. The fraction of sp³-hybridized carbons (Fsp3) is 0.176. The van der Waals surface area contributed by atoms with E-state index >= 15 is 0 Å². The molecule has 0 spiro atoms. The molecule has 0 heterocycles. The first-order valence-electron chi connectivity index (χ1n) is 6.54. The molecule has 0 aliphatic rings. The number of hydrogen-bond donors (Lipinski definition) is 1. The van der Waals surface area contributed by atoms with Gasteiger partial charge in [-0.05, 0) is 55.3 Å². The van der Waals surface area contributed by atoms with Crippen LogP contribution in [0.2, 0.25) is 0 Å². The fourth-order valence-corrected chi connectivity index (χ4v) is 1.93. The molecule has 2 aromatic carbocycles. The Morgan fingerprint density at radius 2 is 1.67 bits per heavy atom. The third kappa shape index (κ3) is 3.69. The Morgan fingerprint density at radius 3 is 2.19 bits per heavy atom. The zero-order chi connectivity index (χ0) is 15.4. The van der Waals surface area contributed by atoms with Crippen molar-refractivity contribution < 1.29 is 19.4 Å². The first kappa shape index (κ1) is 14.8. The number of carbonyl (C=O) groups excluding carboxylic acids is 1. The second-order valence-electron chi connectivity index (χ2n) is 4.83. The van der Waals surface area contributed by atoms with Crippen LogP contribution >= 0.6 is 0 Å². The van der Waals surface area contributed by atoms with Gasteiger partial charge in [-0.25, -0.2) is 4.79 Å². The molecular formula is C17H16O4. The molecule has 0 unspecified atom stereocenters. The molecule has 4 nitrogen and oxygen atoms in total. The Labute approximate surface area is 123 Å². The van der Waals surface area contributed by atoms with Gasteiger partial charge >= 0.3 is 5.97 Å². The number of carboxylic acids is 1. The number of carboxylic acid groups (broad SMARTS) is 1. The maximum atomic E-state index is 11.3. The van der Waals surface area contributed by atoms with Crippen molar-refractivity contribution in [2.24, 2.45) is 0 Å². The third-order valence-corrected chi connectivity index (χ3v) is 3.18. The first-order chi connectivity index (χ1) is 9.97. The van der Waals surface area contributed by atoms with Crippen LogP contribution in [0.4, 0.5) is 0 Å². The standard InChI is InChI=1S/C17H16O4/c1-11-9-15(12(2)18)7-8-16(11)21-10-13-3-5-14(6-4-13)17(19)20/h3-9H,10H2,1-2H3,(H,19,20). The molecular weight excluding hydrogens is 268 g/mol. The Bertz CT molecular complexity index is 672. The van der Waals surface area contributed by atoms with Gasteiger partial charge in [0.1, 0.15) is 12.4 Å². The minimum atomic E-state index is -0.946. The summed E-state index contributed by atoms with van der Waals surface area (Å²) in [6.07, 6.45) is 0. The number of benzene rings is 2. The van der Waals surface area contributed by atoms with Gasteiger partial charge in [0.15, 0.2) is 5.78 Å². The third-order valence-electron chi connectivity index (χ3n) is 3.18. The van der Waals surface area contributed by atoms with E-state index in [2.05, 4.69) is 0 Å². The summed E-state index contributed by atoms with van der Waals surface area (Å²) >= 11 is 0. The van der Waals surface area contributed by atoms with Gasteiger partial charge in [-0.2, -0.15) is 0 Å². The zero-order valence-corrected chi connectivity index (χ0v) is 11.9. The van der Waals surface area contributed by atoms with Gasteiger partial charge in [-0.15, -0.1) is 0 Å². The van der Waals surface area contributed by atoms with Crippen molar-refractivity contribution in [3.8, 4) is 5.75 Å². The Balaban J connectivity index is 2.06. The number of aromatic carboxylic acids is 1. The van der Waals surface area contributed by atoms with Crippen LogP contribution in [-0.2, 0) is 6.61 Å². The predicted octanol–water partition coefficient (Wildman–Crippen LogP) is 3.47. The van der Waals surface area contributed by atoms with E-state index in [0.29, 0.717) is 17.9 Å². The van der Waals surface area contributed by atoms with E-state index in [4.69, 9.17) is 9.84 Å². The van der Waals surface area contributed by atoms with Gasteiger partial charge in [0.05, 0.1) is 5.56 Å². The molecule has 0 aromatic heterocycles. The second-order valence-corrected chi connectivity index (χ2v) is 4.83. The number of aryl methyl sites for hydroxylation is 1. The Kier molecular flexibility index (Phi) is 4.38. The molecule has 0 atom stereocenters. The molecule has 0 aliphatic carbocycles. The van der Waals surface area contributed by atoms with Crippen LogP contribution in [-0.4, -0.2) is 16.9 Å². The Morgan fingerprint density at radius 1 is 1.05 bits per heavy atom. The van der Waals surface area contributed by atoms with E-state index in [0.717, 1.165) is 11.1 Å². The summed E-state index contributed by atoms with van der Waals surface area (Å²) in [4.78, 5) is 22.1. The molecule has 2 aromatic rings. The SMILES string of the molecule is CC(=O)c1ccc(OCc2ccc(C(=O)O)cc2)c(C)c1. The second kappa shape index (κ2) is 6.22. The summed E-state index contributed by atoms with van der Waals surface area (Å²) < 4.78 is 5.70. The minimum absolute atomic E-state index is 0.0221. The van der Waals surface area contributed by atoms with Crippen LogP contribution < -0.4 is 4.74 Å². The summed E-state index contributed by atoms with van der Waals surface area (Å²) in [6, 6.07) is 11.9. The molecule has 0 radical (unpaired) electrons. The fourth-order valence-electron chi connectivity index (χ4n) is 1.93. The van der Waals surface area contributed by atoms with Crippen molar-refractivity contribution >= 4 is 11.8 Å². The molecule has 0 saturated carbocycles. The largest absolute Gasteiger partial charge is 0.489 e. The molecule has 0 fully saturated rings. The van der Waals surface area contributed by atoms with Gasteiger partial charge in [-0.3, -0.25) is 4.79 Å². The Hall–Kier alpha value is -2.62. The topological polar surface area (TPSA) is 63.6 Å². The molecule has 108 valence electrons. The minimum Gasteiger partial charge on any atom is -0.489 e. The van der Waals surface area contributed by atoms with Gasteiger partial charge in [-0.1, -0.05) is 12.1 Å².